The Balaban J connectivity index is 1.79. The molecule has 2 aromatic rings. The van der Waals surface area contributed by atoms with Gasteiger partial charge in [0.2, 0.25) is 5.91 Å². The first-order valence-electron chi connectivity index (χ1n) is 8.98. The molecule has 2 amide bonds. The molecule has 146 valence electrons. The van der Waals surface area contributed by atoms with Gasteiger partial charge in [-0.15, -0.1) is 11.3 Å². The Morgan fingerprint density at radius 2 is 2.07 bits per heavy atom. The number of carbonyl (C=O) groups excluding carboxylic acids is 2. The number of aliphatic hydroxyl groups excluding tert-OH is 1. The number of hydrogen-bond donors (Lipinski definition) is 2. The summed E-state index contributed by atoms with van der Waals surface area (Å²) >= 11 is 1.53. The van der Waals surface area contributed by atoms with E-state index in [2.05, 4.69) is 15.3 Å². The molecule has 0 spiro atoms. The molecule has 3 rings (SSSR count). The number of piperazine rings is 1. The third-order valence-electron chi connectivity index (χ3n) is 4.45. The van der Waals surface area contributed by atoms with E-state index in [0.717, 1.165) is 23.7 Å². The van der Waals surface area contributed by atoms with Gasteiger partial charge in [0, 0.05) is 32.7 Å². The Morgan fingerprint density at radius 1 is 1.33 bits per heavy atom. The maximum absolute atomic E-state index is 12.8. The van der Waals surface area contributed by atoms with Gasteiger partial charge in [-0.2, -0.15) is 5.10 Å². The molecule has 0 aliphatic carbocycles. The summed E-state index contributed by atoms with van der Waals surface area (Å²) in [6.07, 6.45) is -0.613. The summed E-state index contributed by atoms with van der Waals surface area (Å²) in [5.74, 6) is -0.362. The van der Waals surface area contributed by atoms with Gasteiger partial charge in [-0.05, 0) is 31.5 Å². The van der Waals surface area contributed by atoms with E-state index in [1.165, 1.54) is 11.3 Å². The quantitative estimate of drug-likeness (QED) is 0.748. The van der Waals surface area contributed by atoms with E-state index < -0.39 is 6.10 Å². The van der Waals surface area contributed by atoms with Crippen LogP contribution in [0, 0.1) is 0 Å². The monoisotopic (exact) mass is 391 g/mol. The molecular formula is C18H25N5O3S. The van der Waals surface area contributed by atoms with Gasteiger partial charge in [0.15, 0.2) is 5.69 Å². The molecule has 1 fully saturated rings. The van der Waals surface area contributed by atoms with Crippen molar-refractivity contribution in [2.45, 2.75) is 19.6 Å². The first-order valence-corrected chi connectivity index (χ1v) is 9.86. The zero-order valence-corrected chi connectivity index (χ0v) is 16.4. The topological polar surface area (TPSA) is 90.7 Å². The number of aliphatic hydroxyl groups is 1. The normalized spacial score (nSPS) is 16.3. The molecule has 0 bridgehead atoms. The van der Waals surface area contributed by atoms with Gasteiger partial charge in [-0.25, -0.2) is 0 Å². The first-order chi connectivity index (χ1) is 12.9. The number of likely N-dealkylation sites (N-methyl/N-ethyl adjacent to an activating group) is 1. The van der Waals surface area contributed by atoms with Crippen LogP contribution in [0.1, 0.15) is 17.4 Å². The molecule has 1 saturated heterocycles. The largest absolute Gasteiger partial charge is 0.392 e. The third kappa shape index (κ3) is 4.94. The number of carbonyl (C=O) groups is 2. The van der Waals surface area contributed by atoms with Gasteiger partial charge in [-0.3, -0.25) is 14.3 Å². The number of hydrogen-bond acceptors (Lipinski definition) is 6. The predicted octanol–water partition coefficient (Wildman–Crippen LogP) is 0.496. The fourth-order valence-corrected chi connectivity index (χ4v) is 3.64. The highest BCUT2D eigenvalue weighted by Gasteiger charge is 2.24. The second kappa shape index (κ2) is 8.64. The Bertz CT molecular complexity index is 779. The summed E-state index contributed by atoms with van der Waals surface area (Å²) in [5, 5.41) is 18.4. The fraction of sp³-hybridized carbons (Fsp3) is 0.500. The molecule has 8 nitrogen and oxygen atoms in total. The molecular weight excluding hydrogens is 366 g/mol. The van der Waals surface area contributed by atoms with Gasteiger partial charge in [0.1, 0.15) is 6.54 Å². The Labute approximate surface area is 162 Å². The van der Waals surface area contributed by atoms with Crippen LogP contribution in [0.15, 0.2) is 23.6 Å². The molecule has 3 heterocycles. The van der Waals surface area contributed by atoms with Gasteiger partial charge < -0.3 is 20.2 Å². The highest BCUT2D eigenvalue weighted by molar-refractivity contribution is 7.13. The second-order valence-corrected chi connectivity index (χ2v) is 7.75. The van der Waals surface area contributed by atoms with Crippen LogP contribution in [0.2, 0.25) is 0 Å². The first kappa shape index (κ1) is 19.5. The smallest absolute Gasteiger partial charge is 0.274 e. The van der Waals surface area contributed by atoms with Crippen LogP contribution in [0.25, 0.3) is 10.6 Å². The lowest BCUT2D eigenvalue weighted by atomic mass is 10.2. The molecule has 0 aromatic carbocycles. The van der Waals surface area contributed by atoms with Crippen LogP contribution < -0.4 is 5.32 Å². The summed E-state index contributed by atoms with van der Waals surface area (Å²) in [6.45, 7) is 4.81. The third-order valence-corrected chi connectivity index (χ3v) is 5.34. The van der Waals surface area contributed by atoms with Gasteiger partial charge >= 0.3 is 0 Å². The van der Waals surface area contributed by atoms with Crippen LogP contribution in [-0.2, 0) is 11.3 Å². The Hall–Kier alpha value is -2.23. The molecule has 0 saturated carbocycles. The van der Waals surface area contributed by atoms with Crippen LogP contribution in [0.3, 0.4) is 0 Å². The molecule has 0 radical (unpaired) electrons. The number of aromatic nitrogens is 2. The lowest BCUT2D eigenvalue weighted by Gasteiger charge is -2.31. The lowest BCUT2D eigenvalue weighted by molar-refractivity contribution is -0.122. The zero-order chi connectivity index (χ0) is 19.4. The Morgan fingerprint density at radius 3 is 2.70 bits per heavy atom. The van der Waals surface area contributed by atoms with Crippen LogP contribution in [0.4, 0.5) is 0 Å². The molecule has 2 aromatic heterocycles. The molecule has 1 aliphatic rings. The van der Waals surface area contributed by atoms with Crippen molar-refractivity contribution in [3.05, 3.63) is 29.3 Å². The van der Waals surface area contributed by atoms with Crippen LogP contribution in [0.5, 0.6) is 0 Å². The summed E-state index contributed by atoms with van der Waals surface area (Å²) < 4.78 is 1.56. The summed E-state index contributed by atoms with van der Waals surface area (Å²) in [4.78, 5) is 30.0. The standard InChI is InChI=1S/C18H25N5O3S/c1-13(24)11-19-17(25)12-23-15(16-4-3-9-27-16)10-14(20-23)18(26)22-7-5-21(2)6-8-22/h3-4,9-10,13,24H,5-8,11-12H2,1-2H3,(H,19,25). The van der Waals surface area contributed by atoms with E-state index >= 15 is 0 Å². The summed E-state index contributed by atoms with van der Waals surface area (Å²) in [7, 11) is 2.04. The molecule has 27 heavy (non-hydrogen) atoms. The number of nitrogens with one attached hydrogen (secondary N) is 1. The highest BCUT2D eigenvalue weighted by atomic mass is 32.1. The molecule has 2 N–H and O–H groups in total. The van der Waals surface area contributed by atoms with Crippen LogP contribution in [-0.4, -0.2) is 82.4 Å². The molecule has 9 heteroatoms. The van der Waals surface area contributed by atoms with Crippen molar-refractivity contribution in [1.29, 1.82) is 0 Å². The minimum Gasteiger partial charge on any atom is -0.392 e. The minimum absolute atomic E-state index is 0.00400. The number of rotatable bonds is 6. The van der Waals surface area contributed by atoms with E-state index in [9.17, 15) is 14.7 Å². The maximum Gasteiger partial charge on any atom is 0.274 e. The lowest BCUT2D eigenvalue weighted by Crippen LogP contribution is -2.47. The number of thiophene rings is 1. The van der Waals surface area contributed by atoms with E-state index in [-0.39, 0.29) is 24.9 Å². The van der Waals surface area contributed by atoms with E-state index in [0.29, 0.717) is 18.8 Å². The van der Waals surface area contributed by atoms with Gasteiger partial charge in [-0.1, -0.05) is 6.07 Å². The summed E-state index contributed by atoms with van der Waals surface area (Å²) in [6, 6.07) is 5.62. The molecule has 1 unspecified atom stereocenters. The van der Waals surface area contributed by atoms with Crippen molar-refractivity contribution in [2.24, 2.45) is 0 Å². The van der Waals surface area contributed by atoms with Crippen molar-refractivity contribution >= 4 is 23.2 Å². The van der Waals surface area contributed by atoms with Crippen molar-refractivity contribution < 1.29 is 14.7 Å². The van der Waals surface area contributed by atoms with E-state index in [1.54, 1.807) is 22.6 Å². The van der Waals surface area contributed by atoms with Crippen molar-refractivity contribution in [2.75, 3.05) is 39.8 Å². The number of nitrogens with zero attached hydrogens (tertiary/aromatic N) is 4. The van der Waals surface area contributed by atoms with E-state index in [1.807, 2.05) is 24.6 Å². The van der Waals surface area contributed by atoms with Crippen LogP contribution >= 0.6 is 11.3 Å². The summed E-state index contributed by atoms with van der Waals surface area (Å²) in [5.41, 5.74) is 1.10. The van der Waals surface area contributed by atoms with Crippen molar-refractivity contribution in [3.8, 4) is 10.6 Å². The number of amides is 2. The second-order valence-electron chi connectivity index (χ2n) is 6.80. The average molecular weight is 391 g/mol. The van der Waals surface area contributed by atoms with E-state index in [4.69, 9.17) is 0 Å². The Kier molecular flexibility index (Phi) is 6.25. The molecule has 1 atom stereocenters. The zero-order valence-electron chi connectivity index (χ0n) is 15.6. The van der Waals surface area contributed by atoms with Gasteiger partial charge in [0.25, 0.3) is 5.91 Å². The fourth-order valence-electron chi connectivity index (χ4n) is 2.89. The molecule has 1 aliphatic heterocycles. The van der Waals surface area contributed by atoms with Crippen molar-refractivity contribution in [1.82, 2.24) is 24.9 Å². The minimum atomic E-state index is -0.613. The predicted molar refractivity (Wildman–Crippen MR) is 104 cm³/mol. The van der Waals surface area contributed by atoms with Gasteiger partial charge in [0.05, 0.1) is 16.7 Å². The van der Waals surface area contributed by atoms with Crippen molar-refractivity contribution in [3.63, 3.8) is 0 Å². The highest BCUT2D eigenvalue weighted by Crippen LogP contribution is 2.26. The maximum atomic E-state index is 12.8. The SMILES string of the molecule is CC(O)CNC(=O)Cn1nc(C(=O)N2CCN(C)CC2)cc1-c1cccs1. The average Bonchev–Trinajstić information content (AvgIpc) is 3.29.